The summed E-state index contributed by atoms with van der Waals surface area (Å²) in [7, 11) is 0. The Morgan fingerprint density at radius 1 is 1.24 bits per heavy atom. The van der Waals surface area contributed by atoms with Gasteiger partial charge < -0.3 is 0 Å². The Kier molecular flexibility index (Phi) is 6.23. The molecule has 2 aromatic rings. The zero-order chi connectivity index (χ0) is 15.2. The second kappa shape index (κ2) is 7.94. The first-order valence-electron chi connectivity index (χ1n) is 6.67. The van der Waals surface area contributed by atoms with Gasteiger partial charge in [0.15, 0.2) is 0 Å². The van der Waals surface area contributed by atoms with Crippen molar-refractivity contribution in [1.29, 1.82) is 0 Å². The minimum absolute atomic E-state index is 0.0880. The second-order valence-corrected chi connectivity index (χ2v) is 6.98. The van der Waals surface area contributed by atoms with E-state index in [1.165, 1.54) is 16.5 Å². The molecule has 21 heavy (non-hydrogen) atoms. The van der Waals surface area contributed by atoms with E-state index in [4.69, 9.17) is 5.84 Å². The van der Waals surface area contributed by atoms with E-state index in [9.17, 15) is 4.39 Å². The summed E-state index contributed by atoms with van der Waals surface area (Å²) in [6.07, 6.45) is 0.686. The largest absolute Gasteiger partial charge is 0.271 e. The molecule has 2 aromatic carbocycles. The molecule has 0 radical (unpaired) electrons. The molecular weight excluding hydrogens is 351 g/mol. The fraction of sp³-hybridized carbons (Fsp3) is 0.250. The monoisotopic (exact) mass is 368 g/mol. The van der Waals surface area contributed by atoms with Crippen molar-refractivity contribution in [2.45, 2.75) is 24.3 Å². The highest BCUT2D eigenvalue weighted by Crippen LogP contribution is 2.21. The van der Waals surface area contributed by atoms with Gasteiger partial charge in [0.2, 0.25) is 0 Å². The number of nitrogens with one attached hydrogen (secondary N) is 1. The molecule has 0 fully saturated rings. The Morgan fingerprint density at radius 2 is 1.95 bits per heavy atom. The van der Waals surface area contributed by atoms with Crippen LogP contribution in [0.5, 0.6) is 0 Å². The standard InChI is InChI=1S/C16H18BrFN2S/c1-11-2-4-16(5-3-11)21-10-15(20-19)8-12-6-13(17)9-14(18)7-12/h2-7,9,15,20H,8,10,19H2,1H3. The molecule has 0 aliphatic carbocycles. The van der Waals surface area contributed by atoms with Gasteiger partial charge in [0.25, 0.3) is 0 Å². The zero-order valence-corrected chi connectivity index (χ0v) is 14.2. The first-order chi connectivity index (χ1) is 10.1. The Morgan fingerprint density at radius 3 is 2.57 bits per heavy atom. The molecule has 1 atom stereocenters. The molecule has 0 saturated carbocycles. The highest BCUT2D eigenvalue weighted by molar-refractivity contribution is 9.10. The molecule has 0 bridgehead atoms. The lowest BCUT2D eigenvalue weighted by atomic mass is 10.1. The molecule has 0 spiro atoms. The minimum atomic E-state index is -0.235. The number of hydrazine groups is 1. The van der Waals surface area contributed by atoms with Crippen LogP contribution in [0.4, 0.5) is 4.39 Å². The summed E-state index contributed by atoms with van der Waals surface area (Å²) in [5, 5.41) is 0. The molecule has 1 unspecified atom stereocenters. The van der Waals surface area contributed by atoms with Crippen molar-refractivity contribution < 1.29 is 4.39 Å². The summed E-state index contributed by atoms with van der Waals surface area (Å²) in [5.41, 5.74) is 4.99. The van der Waals surface area contributed by atoms with Crippen molar-refractivity contribution in [3.8, 4) is 0 Å². The van der Waals surface area contributed by atoms with Crippen molar-refractivity contribution in [3.05, 3.63) is 63.9 Å². The maximum atomic E-state index is 13.4. The number of aryl methyl sites for hydroxylation is 1. The Hall–Kier alpha value is -0.880. The quantitative estimate of drug-likeness (QED) is 0.458. The van der Waals surface area contributed by atoms with Crippen LogP contribution in [0.15, 0.2) is 51.8 Å². The summed E-state index contributed by atoms with van der Waals surface area (Å²) in [6.45, 7) is 2.07. The summed E-state index contributed by atoms with van der Waals surface area (Å²) in [5.74, 6) is 6.21. The van der Waals surface area contributed by atoms with Crippen LogP contribution in [0.3, 0.4) is 0 Å². The molecule has 3 N–H and O–H groups in total. The van der Waals surface area contributed by atoms with Crippen LogP contribution in [-0.2, 0) is 6.42 Å². The van der Waals surface area contributed by atoms with Crippen LogP contribution in [0, 0.1) is 12.7 Å². The lowest BCUT2D eigenvalue weighted by Gasteiger charge is -2.16. The second-order valence-electron chi connectivity index (χ2n) is 4.97. The normalized spacial score (nSPS) is 12.4. The molecule has 0 aromatic heterocycles. The fourth-order valence-corrected chi connectivity index (χ4v) is 3.46. The minimum Gasteiger partial charge on any atom is -0.271 e. The number of hydrogen-bond acceptors (Lipinski definition) is 3. The van der Waals surface area contributed by atoms with Gasteiger partial charge in [0.1, 0.15) is 5.82 Å². The van der Waals surface area contributed by atoms with Gasteiger partial charge in [-0.3, -0.25) is 11.3 Å². The average Bonchev–Trinajstić information content (AvgIpc) is 2.44. The van der Waals surface area contributed by atoms with Gasteiger partial charge >= 0.3 is 0 Å². The van der Waals surface area contributed by atoms with Gasteiger partial charge in [0.05, 0.1) is 0 Å². The van der Waals surface area contributed by atoms with Gasteiger partial charge in [-0.2, -0.15) is 0 Å². The molecule has 0 amide bonds. The number of nitrogens with two attached hydrogens (primary N) is 1. The van der Waals surface area contributed by atoms with E-state index in [-0.39, 0.29) is 11.9 Å². The SMILES string of the molecule is Cc1ccc(SCC(Cc2cc(F)cc(Br)c2)NN)cc1. The van der Waals surface area contributed by atoms with E-state index in [1.54, 1.807) is 17.8 Å². The first-order valence-corrected chi connectivity index (χ1v) is 8.45. The number of benzene rings is 2. The lowest BCUT2D eigenvalue weighted by Crippen LogP contribution is -2.38. The maximum Gasteiger partial charge on any atom is 0.124 e. The van der Waals surface area contributed by atoms with E-state index >= 15 is 0 Å². The van der Waals surface area contributed by atoms with Crippen molar-refractivity contribution in [1.82, 2.24) is 5.43 Å². The summed E-state index contributed by atoms with van der Waals surface area (Å²) < 4.78 is 14.1. The molecule has 0 aliphatic rings. The van der Waals surface area contributed by atoms with Crippen LogP contribution in [-0.4, -0.2) is 11.8 Å². The van der Waals surface area contributed by atoms with Gasteiger partial charge in [-0.05, 0) is 49.2 Å². The maximum absolute atomic E-state index is 13.4. The van der Waals surface area contributed by atoms with Crippen LogP contribution in [0.2, 0.25) is 0 Å². The van der Waals surface area contributed by atoms with Crippen molar-refractivity contribution >= 4 is 27.7 Å². The van der Waals surface area contributed by atoms with E-state index in [0.717, 1.165) is 15.8 Å². The highest BCUT2D eigenvalue weighted by atomic mass is 79.9. The summed E-state index contributed by atoms with van der Waals surface area (Å²) >= 11 is 5.05. The molecule has 0 heterocycles. The van der Waals surface area contributed by atoms with Gasteiger partial charge in [-0.1, -0.05) is 33.6 Å². The third-order valence-electron chi connectivity index (χ3n) is 3.11. The van der Waals surface area contributed by atoms with Gasteiger partial charge in [-0.15, -0.1) is 11.8 Å². The van der Waals surface area contributed by atoms with Crippen LogP contribution in [0.1, 0.15) is 11.1 Å². The summed E-state index contributed by atoms with van der Waals surface area (Å²) in [4.78, 5) is 1.21. The first kappa shape index (κ1) is 16.5. The predicted octanol–water partition coefficient (Wildman–Crippen LogP) is 4.06. The predicted molar refractivity (Wildman–Crippen MR) is 90.8 cm³/mol. The molecular formula is C16H18BrFN2S. The number of thioether (sulfide) groups is 1. The lowest BCUT2D eigenvalue weighted by molar-refractivity contribution is 0.570. The van der Waals surface area contributed by atoms with E-state index < -0.39 is 0 Å². The summed E-state index contributed by atoms with van der Waals surface area (Å²) in [6, 6.07) is 13.4. The smallest absolute Gasteiger partial charge is 0.124 e. The van der Waals surface area contributed by atoms with Crippen LogP contribution in [0.25, 0.3) is 0 Å². The van der Waals surface area contributed by atoms with Gasteiger partial charge in [-0.25, -0.2) is 4.39 Å². The Balaban J connectivity index is 1.95. The average molecular weight is 369 g/mol. The highest BCUT2D eigenvalue weighted by Gasteiger charge is 2.10. The number of halogens is 2. The topological polar surface area (TPSA) is 38.0 Å². The fourth-order valence-electron chi connectivity index (χ4n) is 2.01. The zero-order valence-electron chi connectivity index (χ0n) is 11.8. The van der Waals surface area contributed by atoms with Crippen molar-refractivity contribution in [2.75, 3.05) is 5.75 Å². The molecule has 5 heteroatoms. The Labute approximate surface area is 137 Å². The van der Waals surface area contributed by atoms with Crippen LogP contribution >= 0.6 is 27.7 Å². The molecule has 2 nitrogen and oxygen atoms in total. The molecule has 2 rings (SSSR count). The number of hydrogen-bond donors (Lipinski definition) is 2. The molecule has 0 saturated heterocycles. The van der Waals surface area contributed by atoms with Crippen LogP contribution < -0.4 is 11.3 Å². The van der Waals surface area contributed by atoms with Crippen molar-refractivity contribution in [3.63, 3.8) is 0 Å². The van der Waals surface area contributed by atoms with Gasteiger partial charge in [0, 0.05) is 21.2 Å². The third kappa shape index (κ3) is 5.43. The third-order valence-corrected chi connectivity index (χ3v) is 4.74. The van der Waals surface area contributed by atoms with Crippen molar-refractivity contribution in [2.24, 2.45) is 5.84 Å². The molecule has 112 valence electrons. The van der Waals surface area contributed by atoms with E-state index in [2.05, 4.69) is 52.5 Å². The Bertz CT molecular complexity index is 569. The number of rotatable bonds is 6. The van der Waals surface area contributed by atoms with E-state index in [0.29, 0.717) is 6.42 Å². The molecule has 0 aliphatic heterocycles. The van der Waals surface area contributed by atoms with E-state index in [1.807, 2.05) is 6.07 Å².